The van der Waals surface area contributed by atoms with Gasteiger partial charge in [-0.2, -0.15) is 4.31 Å². The normalized spacial score (nSPS) is 24.0. The molecule has 1 fully saturated rings. The first-order chi connectivity index (χ1) is 9.88. The van der Waals surface area contributed by atoms with Crippen LogP contribution < -0.4 is 10.5 Å². The molecule has 7 nitrogen and oxygen atoms in total. The van der Waals surface area contributed by atoms with E-state index in [2.05, 4.69) is 0 Å². The first kappa shape index (κ1) is 16.0. The number of anilines is 1. The van der Waals surface area contributed by atoms with Gasteiger partial charge in [-0.1, -0.05) is 0 Å². The van der Waals surface area contributed by atoms with Gasteiger partial charge in [0.15, 0.2) is 0 Å². The first-order valence-electron chi connectivity index (χ1n) is 6.58. The molecule has 3 N–H and O–H groups in total. The van der Waals surface area contributed by atoms with E-state index in [0.29, 0.717) is 11.4 Å². The summed E-state index contributed by atoms with van der Waals surface area (Å²) < 4.78 is 37.2. The van der Waals surface area contributed by atoms with Crippen molar-refractivity contribution < 1.29 is 23.0 Å². The summed E-state index contributed by atoms with van der Waals surface area (Å²) >= 11 is 0. The third-order valence-electron chi connectivity index (χ3n) is 3.34. The minimum Gasteiger partial charge on any atom is -0.495 e. The van der Waals surface area contributed by atoms with Crippen LogP contribution in [0.3, 0.4) is 0 Å². The molecule has 1 aliphatic heterocycles. The van der Waals surface area contributed by atoms with Gasteiger partial charge < -0.3 is 20.3 Å². The Morgan fingerprint density at radius 3 is 2.81 bits per heavy atom. The molecule has 1 aromatic rings. The van der Waals surface area contributed by atoms with E-state index >= 15 is 0 Å². The van der Waals surface area contributed by atoms with E-state index in [9.17, 15) is 13.5 Å². The predicted octanol–water partition coefficient (Wildman–Crippen LogP) is 0.0477. The molecule has 0 aromatic heterocycles. The van der Waals surface area contributed by atoms with Crippen molar-refractivity contribution in [3.63, 3.8) is 0 Å². The number of hydrogen-bond donors (Lipinski definition) is 2. The van der Waals surface area contributed by atoms with E-state index in [4.69, 9.17) is 15.2 Å². The van der Waals surface area contributed by atoms with Gasteiger partial charge in [0.05, 0.1) is 36.5 Å². The lowest BCUT2D eigenvalue weighted by Crippen LogP contribution is -2.50. The summed E-state index contributed by atoms with van der Waals surface area (Å²) in [5.74, 6) is 0.316. The smallest absolute Gasteiger partial charge is 0.243 e. The van der Waals surface area contributed by atoms with Gasteiger partial charge in [-0.15, -0.1) is 0 Å². The molecule has 1 aromatic carbocycles. The Bertz CT molecular complexity index is 605. The van der Waals surface area contributed by atoms with Crippen molar-refractivity contribution in [1.82, 2.24) is 4.31 Å². The van der Waals surface area contributed by atoms with Crippen LogP contribution in [0, 0.1) is 0 Å². The molecule has 1 heterocycles. The Labute approximate surface area is 124 Å². The van der Waals surface area contributed by atoms with Crippen LogP contribution >= 0.6 is 0 Å². The summed E-state index contributed by atoms with van der Waals surface area (Å²) in [5.41, 5.74) is 6.08. The highest BCUT2D eigenvalue weighted by Crippen LogP contribution is 2.28. The molecule has 118 valence electrons. The molecule has 2 unspecified atom stereocenters. The monoisotopic (exact) mass is 316 g/mol. The van der Waals surface area contributed by atoms with E-state index < -0.39 is 16.1 Å². The number of aliphatic hydroxyl groups is 1. The molecule has 0 spiro atoms. The van der Waals surface area contributed by atoms with Crippen LogP contribution in [-0.2, 0) is 14.8 Å². The Balaban J connectivity index is 2.33. The van der Waals surface area contributed by atoms with Crippen LogP contribution in [0.5, 0.6) is 5.75 Å². The topological polar surface area (TPSA) is 102 Å². The SMILES string of the molecule is COc1cc(S(=O)(=O)N2CC(C)OC(CO)C2)ccc1N. The standard InChI is InChI=1S/C13H20N2O5S/c1-9-6-15(7-10(8-16)20-9)21(17,18)11-3-4-12(14)13(5-11)19-2/h3-5,9-10,16H,6-8,14H2,1-2H3. The van der Waals surface area contributed by atoms with E-state index in [1.54, 1.807) is 6.92 Å². The highest BCUT2D eigenvalue weighted by molar-refractivity contribution is 7.89. The average Bonchev–Trinajstić information content (AvgIpc) is 2.46. The van der Waals surface area contributed by atoms with Gasteiger partial charge in [0.25, 0.3) is 0 Å². The molecule has 8 heteroatoms. The summed E-state index contributed by atoms with van der Waals surface area (Å²) in [6, 6.07) is 4.35. The molecule has 0 amide bonds. The Morgan fingerprint density at radius 2 is 2.19 bits per heavy atom. The molecular formula is C13H20N2O5S. The number of nitrogens with two attached hydrogens (primary N) is 1. The lowest BCUT2D eigenvalue weighted by Gasteiger charge is -2.35. The largest absolute Gasteiger partial charge is 0.495 e. The van der Waals surface area contributed by atoms with Crippen LogP contribution in [-0.4, -0.2) is 56.8 Å². The molecule has 0 saturated carbocycles. The summed E-state index contributed by atoms with van der Waals surface area (Å²) in [6.45, 7) is 1.91. The number of benzene rings is 1. The molecule has 2 atom stereocenters. The number of hydrogen-bond acceptors (Lipinski definition) is 6. The molecule has 1 saturated heterocycles. The maximum atomic E-state index is 12.7. The van der Waals surface area contributed by atoms with Gasteiger partial charge in [-0.05, 0) is 19.1 Å². The van der Waals surface area contributed by atoms with Gasteiger partial charge >= 0.3 is 0 Å². The first-order valence-corrected chi connectivity index (χ1v) is 8.02. The number of methoxy groups -OCH3 is 1. The lowest BCUT2D eigenvalue weighted by atomic mass is 10.2. The van der Waals surface area contributed by atoms with Crippen LogP contribution in [0.1, 0.15) is 6.92 Å². The van der Waals surface area contributed by atoms with Crippen molar-refractivity contribution in [1.29, 1.82) is 0 Å². The van der Waals surface area contributed by atoms with Gasteiger partial charge in [-0.25, -0.2) is 8.42 Å². The molecule has 21 heavy (non-hydrogen) atoms. The zero-order chi connectivity index (χ0) is 15.6. The number of morpholine rings is 1. The maximum Gasteiger partial charge on any atom is 0.243 e. The number of nitrogens with zero attached hydrogens (tertiary/aromatic N) is 1. The molecule has 2 rings (SSSR count). The summed E-state index contributed by atoms with van der Waals surface area (Å²) in [5, 5.41) is 9.20. The van der Waals surface area contributed by atoms with Crippen LogP contribution in [0.2, 0.25) is 0 Å². The minimum absolute atomic E-state index is 0.110. The van der Waals surface area contributed by atoms with Crippen LogP contribution in [0.4, 0.5) is 5.69 Å². The van der Waals surface area contributed by atoms with E-state index in [0.717, 1.165) is 0 Å². The van der Waals surface area contributed by atoms with E-state index in [-0.39, 0.29) is 30.7 Å². The van der Waals surface area contributed by atoms with Crippen LogP contribution in [0.25, 0.3) is 0 Å². The van der Waals surface area contributed by atoms with E-state index in [1.165, 1.54) is 29.6 Å². The molecule has 0 bridgehead atoms. The lowest BCUT2D eigenvalue weighted by molar-refractivity contribution is -0.0750. The fraction of sp³-hybridized carbons (Fsp3) is 0.538. The molecule has 1 aliphatic rings. The maximum absolute atomic E-state index is 12.7. The van der Waals surface area contributed by atoms with Crippen molar-refractivity contribution in [3.8, 4) is 5.75 Å². The molecule has 0 aliphatic carbocycles. The Kier molecular flexibility index (Phi) is 4.72. The van der Waals surface area contributed by atoms with Crippen LogP contribution in [0.15, 0.2) is 23.1 Å². The quantitative estimate of drug-likeness (QED) is 0.761. The highest BCUT2D eigenvalue weighted by atomic mass is 32.2. The van der Waals surface area contributed by atoms with Gasteiger partial charge in [0, 0.05) is 19.2 Å². The number of ether oxygens (including phenoxy) is 2. The van der Waals surface area contributed by atoms with Gasteiger partial charge in [-0.3, -0.25) is 0 Å². The number of nitrogen functional groups attached to an aromatic ring is 1. The third kappa shape index (κ3) is 3.29. The van der Waals surface area contributed by atoms with Crippen molar-refractivity contribution in [2.45, 2.75) is 24.0 Å². The second kappa shape index (κ2) is 6.18. The Hall–Kier alpha value is -1.35. The second-order valence-corrected chi connectivity index (χ2v) is 6.91. The fourth-order valence-corrected chi connectivity index (χ4v) is 3.86. The predicted molar refractivity (Wildman–Crippen MR) is 77.6 cm³/mol. The summed E-state index contributed by atoms with van der Waals surface area (Å²) in [7, 11) is -2.25. The summed E-state index contributed by atoms with van der Waals surface area (Å²) in [4.78, 5) is 0.110. The second-order valence-electron chi connectivity index (χ2n) is 4.98. The summed E-state index contributed by atoms with van der Waals surface area (Å²) in [6.07, 6.45) is -0.791. The number of aliphatic hydroxyl groups excluding tert-OH is 1. The Morgan fingerprint density at radius 1 is 1.48 bits per heavy atom. The highest BCUT2D eigenvalue weighted by Gasteiger charge is 2.33. The zero-order valence-corrected chi connectivity index (χ0v) is 12.8. The number of rotatable bonds is 4. The average molecular weight is 316 g/mol. The van der Waals surface area contributed by atoms with Crippen molar-refractivity contribution in [2.75, 3.05) is 32.5 Å². The minimum atomic E-state index is -3.68. The van der Waals surface area contributed by atoms with Crippen molar-refractivity contribution in [2.24, 2.45) is 0 Å². The van der Waals surface area contributed by atoms with Gasteiger partial charge in [0.1, 0.15) is 5.75 Å². The third-order valence-corrected chi connectivity index (χ3v) is 5.17. The fourth-order valence-electron chi connectivity index (χ4n) is 2.30. The van der Waals surface area contributed by atoms with E-state index in [1.807, 2.05) is 0 Å². The number of sulfonamides is 1. The zero-order valence-electron chi connectivity index (χ0n) is 12.0. The van der Waals surface area contributed by atoms with Gasteiger partial charge in [0.2, 0.25) is 10.0 Å². The van der Waals surface area contributed by atoms with Crippen molar-refractivity contribution in [3.05, 3.63) is 18.2 Å². The molecular weight excluding hydrogens is 296 g/mol. The molecule has 0 radical (unpaired) electrons. The van der Waals surface area contributed by atoms with Crippen molar-refractivity contribution >= 4 is 15.7 Å².